The molecule has 5 heteroatoms. The van der Waals surface area contributed by atoms with E-state index in [4.69, 9.17) is 0 Å². The standard InChI is InChI=1S/C13H10FN3O.C2H6/c1-8-6-17(10-4-2-3-9(14)5-10)12-11(8)13(18)16-7-15-12;1-2/h2-7H,1H3,(H,15,16,18);1-2H3. The zero-order valence-electron chi connectivity index (χ0n) is 11.6. The largest absolute Gasteiger partial charge is 0.312 e. The summed E-state index contributed by atoms with van der Waals surface area (Å²) in [5.41, 5.74) is 1.80. The third kappa shape index (κ3) is 2.34. The lowest BCUT2D eigenvalue weighted by atomic mass is 10.3. The number of hydrogen-bond acceptors (Lipinski definition) is 2. The number of H-pyrrole nitrogens is 1. The zero-order valence-corrected chi connectivity index (χ0v) is 11.6. The van der Waals surface area contributed by atoms with E-state index in [1.54, 1.807) is 22.9 Å². The second kappa shape index (κ2) is 5.69. The van der Waals surface area contributed by atoms with Crippen LogP contribution in [-0.4, -0.2) is 14.5 Å². The molecule has 0 bridgehead atoms. The molecule has 0 aliphatic rings. The molecule has 1 N–H and O–H groups in total. The van der Waals surface area contributed by atoms with E-state index in [0.717, 1.165) is 5.56 Å². The van der Waals surface area contributed by atoms with Gasteiger partial charge in [0.2, 0.25) is 0 Å². The lowest BCUT2D eigenvalue weighted by molar-refractivity contribution is 0.627. The summed E-state index contributed by atoms with van der Waals surface area (Å²) in [6.07, 6.45) is 3.13. The van der Waals surface area contributed by atoms with Crippen molar-refractivity contribution in [2.24, 2.45) is 0 Å². The van der Waals surface area contributed by atoms with Crippen LogP contribution in [0.4, 0.5) is 4.39 Å². The monoisotopic (exact) mass is 273 g/mol. The van der Waals surface area contributed by atoms with Crippen LogP contribution in [0.15, 0.2) is 41.6 Å². The SMILES string of the molecule is CC.Cc1cn(-c2cccc(F)c2)c2nc[nH]c(=O)c12. The Labute approximate surface area is 115 Å². The summed E-state index contributed by atoms with van der Waals surface area (Å²) in [4.78, 5) is 18.4. The maximum atomic E-state index is 13.2. The molecule has 4 nitrogen and oxygen atoms in total. The van der Waals surface area contributed by atoms with E-state index >= 15 is 0 Å². The zero-order chi connectivity index (χ0) is 14.7. The van der Waals surface area contributed by atoms with Crippen LogP contribution in [0.3, 0.4) is 0 Å². The molecule has 20 heavy (non-hydrogen) atoms. The Morgan fingerprint density at radius 1 is 1.30 bits per heavy atom. The second-order valence-electron chi connectivity index (χ2n) is 4.09. The van der Waals surface area contributed by atoms with Gasteiger partial charge in [-0.1, -0.05) is 19.9 Å². The fraction of sp³-hybridized carbons (Fsp3) is 0.200. The van der Waals surface area contributed by atoms with Crippen LogP contribution in [0.5, 0.6) is 0 Å². The molecule has 0 unspecified atom stereocenters. The molecule has 0 radical (unpaired) electrons. The molecule has 1 aromatic carbocycles. The first-order chi connectivity index (χ1) is 9.66. The Morgan fingerprint density at radius 3 is 2.75 bits per heavy atom. The highest BCUT2D eigenvalue weighted by Gasteiger charge is 2.11. The molecule has 0 amide bonds. The minimum Gasteiger partial charge on any atom is -0.312 e. The van der Waals surface area contributed by atoms with Gasteiger partial charge >= 0.3 is 0 Å². The van der Waals surface area contributed by atoms with Gasteiger partial charge in [-0.25, -0.2) is 9.37 Å². The number of fused-ring (bicyclic) bond motifs is 1. The fourth-order valence-corrected chi connectivity index (χ4v) is 2.07. The topological polar surface area (TPSA) is 50.7 Å². The number of nitrogens with zero attached hydrogens (tertiary/aromatic N) is 2. The average Bonchev–Trinajstić information content (AvgIpc) is 2.80. The maximum Gasteiger partial charge on any atom is 0.260 e. The number of halogens is 1. The van der Waals surface area contributed by atoms with E-state index in [1.165, 1.54) is 18.5 Å². The van der Waals surface area contributed by atoms with Crippen molar-refractivity contribution in [3.63, 3.8) is 0 Å². The first kappa shape index (κ1) is 14.0. The van der Waals surface area contributed by atoms with Crippen LogP contribution in [0.2, 0.25) is 0 Å². The van der Waals surface area contributed by atoms with Crippen molar-refractivity contribution >= 4 is 11.0 Å². The Balaban J connectivity index is 0.000000704. The van der Waals surface area contributed by atoms with Gasteiger partial charge in [-0.2, -0.15) is 0 Å². The quantitative estimate of drug-likeness (QED) is 0.740. The van der Waals surface area contributed by atoms with E-state index in [-0.39, 0.29) is 11.4 Å². The van der Waals surface area contributed by atoms with Gasteiger partial charge in [0.1, 0.15) is 5.82 Å². The van der Waals surface area contributed by atoms with Gasteiger partial charge < -0.3 is 9.55 Å². The van der Waals surface area contributed by atoms with Gasteiger partial charge in [0, 0.05) is 11.9 Å². The van der Waals surface area contributed by atoms with Crippen LogP contribution >= 0.6 is 0 Å². The van der Waals surface area contributed by atoms with Crippen molar-refractivity contribution < 1.29 is 4.39 Å². The Morgan fingerprint density at radius 2 is 2.05 bits per heavy atom. The third-order valence-corrected chi connectivity index (χ3v) is 2.86. The molecule has 104 valence electrons. The first-order valence-electron chi connectivity index (χ1n) is 6.48. The van der Waals surface area contributed by atoms with Crippen LogP contribution in [-0.2, 0) is 0 Å². The van der Waals surface area contributed by atoms with E-state index in [2.05, 4.69) is 9.97 Å². The van der Waals surface area contributed by atoms with Crippen molar-refractivity contribution in [2.45, 2.75) is 20.8 Å². The molecule has 0 spiro atoms. The van der Waals surface area contributed by atoms with Gasteiger partial charge in [0.05, 0.1) is 11.7 Å². The minimum absolute atomic E-state index is 0.187. The molecule has 3 aromatic rings. The number of benzene rings is 1. The van der Waals surface area contributed by atoms with Crippen LogP contribution in [0.1, 0.15) is 19.4 Å². The summed E-state index contributed by atoms with van der Waals surface area (Å²) < 4.78 is 14.9. The van der Waals surface area contributed by atoms with Crippen molar-refractivity contribution in [3.8, 4) is 5.69 Å². The van der Waals surface area contributed by atoms with Gasteiger partial charge in [0.15, 0.2) is 5.65 Å². The Kier molecular flexibility index (Phi) is 3.98. The highest BCUT2D eigenvalue weighted by atomic mass is 19.1. The molecule has 2 heterocycles. The van der Waals surface area contributed by atoms with Crippen LogP contribution in [0, 0.1) is 12.7 Å². The highest BCUT2D eigenvalue weighted by Crippen LogP contribution is 2.19. The number of aromatic amines is 1. The Hall–Kier alpha value is -2.43. The van der Waals surface area contributed by atoms with Gasteiger partial charge in [-0.15, -0.1) is 0 Å². The van der Waals surface area contributed by atoms with E-state index in [0.29, 0.717) is 16.7 Å². The predicted octanol–water partition coefficient (Wildman–Crippen LogP) is 3.19. The van der Waals surface area contributed by atoms with Crippen molar-refractivity contribution in [2.75, 3.05) is 0 Å². The van der Waals surface area contributed by atoms with Gasteiger partial charge in [-0.3, -0.25) is 4.79 Å². The molecule has 2 aromatic heterocycles. The second-order valence-corrected chi connectivity index (χ2v) is 4.09. The normalized spacial score (nSPS) is 10.2. The van der Waals surface area contributed by atoms with Crippen LogP contribution < -0.4 is 5.56 Å². The lowest BCUT2D eigenvalue weighted by Gasteiger charge is -2.03. The Bertz CT molecular complexity index is 789. The fourth-order valence-electron chi connectivity index (χ4n) is 2.07. The third-order valence-electron chi connectivity index (χ3n) is 2.86. The molecule has 0 atom stereocenters. The van der Waals surface area contributed by atoms with E-state index < -0.39 is 0 Å². The predicted molar refractivity (Wildman–Crippen MR) is 77.7 cm³/mol. The molecule has 0 aliphatic heterocycles. The average molecular weight is 273 g/mol. The van der Waals surface area contributed by atoms with Crippen molar-refractivity contribution in [1.82, 2.24) is 14.5 Å². The number of aromatic nitrogens is 3. The van der Waals surface area contributed by atoms with E-state index in [1.807, 2.05) is 20.8 Å². The van der Waals surface area contributed by atoms with E-state index in [9.17, 15) is 9.18 Å². The summed E-state index contributed by atoms with van der Waals surface area (Å²) >= 11 is 0. The van der Waals surface area contributed by atoms with Crippen molar-refractivity contribution in [1.29, 1.82) is 0 Å². The smallest absolute Gasteiger partial charge is 0.260 e. The molecule has 0 fully saturated rings. The molecule has 0 aliphatic carbocycles. The summed E-state index contributed by atoms with van der Waals surface area (Å²) in [5, 5.41) is 0.529. The molecule has 3 rings (SSSR count). The van der Waals surface area contributed by atoms with Crippen molar-refractivity contribution in [3.05, 3.63) is 58.5 Å². The maximum absolute atomic E-state index is 13.2. The number of hydrogen-bond donors (Lipinski definition) is 1. The molecular weight excluding hydrogens is 257 g/mol. The summed E-state index contributed by atoms with van der Waals surface area (Å²) in [7, 11) is 0. The molecule has 0 saturated heterocycles. The summed E-state index contributed by atoms with van der Waals surface area (Å²) in [5.74, 6) is -0.322. The van der Waals surface area contributed by atoms with Crippen LogP contribution in [0.25, 0.3) is 16.7 Å². The molecule has 0 saturated carbocycles. The lowest BCUT2D eigenvalue weighted by Crippen LogP contribution is -2.07. The number of rotatable bonds is 1. The molecular formula is C15H16FN3O. The number of aryl methyl sites for hydroxylation is 1. The number of nitrogens with one attached hydrogen (secondary N) is 1. The summed E-state index contributed by atoms with van der Waals surface area (Å²) in [6, 6.07) is 6.17. The highest BCUT2D eigenvalue weighted by molar-refractivity contribution is 5.80. The van der Waals surface area contributed by atoms with Gasteiger partial charge in [-0.05, 0) is 30.7 Å². The minimum atomic E-state index is -0.322. The van der Waals surface area contributed by atoms with Gasteiger partial charge in [0.25, 0.3) is 5.56 Å². The first-order valence-corrected chi connectivity index (χ1v) is 6.48. The summed E-state index contributed by atoms with van der Waals surface area (Å²) in [6.45, 7) is 5.83.